The average molecular weight is 346 g/mol. The molecule has 0 aliphatic carbocycles. The topological polar surface area (TPSA) is 58.6 Å². The number of methoxy groups -OCH3 is 1. The molecule has 0 spiro atoms. The molecule has 1 aliphatic rings. The third kappa shape index (κ3) is 3.07. The zero-order chi connectivity index (χ0) is 17.3. The Morgan fingerprint density at radius 1 is 1.25 bits per heavy atom. The Labute approximate surface area is 142 Å². The second-order valence-corrected chi connectivity index (χ2v) is 6.37. The number of benzene rings is 2. The molecule has 2 aromatic rings. The van der Waals surface area contributed by atoms with Crippen molar-refractivity contribution in [1.29, 1.82) is 0 Å². The van der Waals surface area contributed by atoms with Crippen LogP contribution in [-0.2, 0) is 9.59 Å². The van der Waals surface area contributed by atoms with Crippen molar-refractivity contribution in [1.82, 2.24) is 0 Å². The standard InChI is InChI=1S/C17H15FN2O3S/c1-20-13-8-7-12(23-2)9-14(13)24-15(17(20)22)16(21)19-11-5-3-10(18)4-6-11/h3-9,15H,1-2H3,(H,19,21). The quantitative estimate of drug-likeness (QED) is 0.868. The van der Waals surface area contributed by atoms with Gasteiger partial charge in [-0.25, -0.2) is 4.39 Å². The van der Waals surface area contributed by atoms with Gasteiger partial charge in [0, 0.05) is 17.6 Å². The molecule has 0 bridgehead atoms. The second kappa shape index (κ2) is 6.52. The van der Waals surface area contributed by atoms with Gasteiger partial charge in [0.2, 0.25) is 11.8 Å². The van der Waals surface area contributed by atoms with Gasteiger partial charge in [0.15, 0.2) is 5.25 Å². The Bertz CT molecular complexity index is 795. The van der Waals surface area contributed by atoms with Crippen LogP contribution in [0.3, 0.4) is 0 Å². The van der Waals surface area contributed by atoms with E-state index in [9.17, 15) is 14.0 Å². The number of anilines is 2. The molecule has 2 aromatic carbocycles. The summed E-state index contributed by atoms with van der Waals surface area (Å²) in [5, 5.41) is 1.73. The van der Waals surface area contributed by atoms with Crippen molar-refractivity contribution in [3.05, 3.63) is 48.3 Å². The Morgan fingerprint density at radius 3 is 2.62 bits per heavy atom. The van der Waals surface area contributed by atoms with Gasteiger partial charge in [-0.2, -0.15) is 0 Å². The maximum Gasteiger partial charge on any atom is 0.249 e. The Balaban J connectivity index is 1.84. The minimum Gasteiger partial charge on any atom is -0.497 e. The number of carbonyl (C=O) groups is 2. The van der Waals surface area contributed by atoms with E-state index in [1.807, 2.05) is 0 Å². The van der Waals surface area contributed by atoms with Crippen molar-refractivity contribution in [3.8, 4) is 5.75 Å². The summed E-state index contributed by atoms with van der Waals surface area (Å²) in [5.74, 6) is -0.493. The number of ether oxygens (including phenoxy) is 1. The smallest absolute Gasteiger partial charge is 0.249 e. The van der Waals surface area contributed by atoms with Crippen LogP contribution in [0.2, 0.25) is 0 Å². The van der Waals surface area contributed by atoms with Crippen molar-refractivity contribution in [2.75, 3.05) is 24.4 Å². The highest BCUT2D eigenvalue weighted by atomic mass is 32.2. The van der Waals surface area contributed by atoms with Crippen LogP contribution >= 0.6 is 11.8 Å². The molecule has 1 aliphatic heterocycles. The summed E-state index contributed by atoms with van der Waals surface area (Å²) in [6.07, 6.45) is 0. The van der Waals surface area contributed by atoms with Gasteiger partial charge in [-0.1, -0.05) is 0 Å². The lowest BCUT2D eigenvalue weighted by Gasteiger charge is -2.30. The lowest BCUT2D eigenvalue weighted by molar-refractivity contribution is -0.124. The third-order valence-corrected chi connectivity index (χ3v) is 4.91. The molecule has 1 atom stereocenters. The summed E-state index contributed by atoms with van der Waals surface area (Å²) in [6.45, 7) is 0. The van der Waals surface area contributed by atoms with Crippen LogP contribution in [0.15, 0.2) is 47.4 Å². The van der Waals surface area contributed by atoms with E-state index < -0.39 is 17.0 Å². The normalized spacial score (nSPS) is 16.5. The Hall–Kier alpha value is -2.54. The van der Waals surface area contributed by atoms with Crippen LogP contribution in [0.1, 0.15) is 0 Å². The van der Waals surface area contributed by atoms with E-state index in [0.29, 0.717) is 11.4 Å². The van der Waals surface area contributed by atoms with Gasteiger partial charge in [-0.15, -0.1) is 11.8 Å². The maximum atomic E-state index is 12.9. The van der Waals surface area contributed by atoms with Crippen molar-refractivity contribution >= 4 is 35.0 Å². The molecule has 1 N–H and O–H groups in total. The molecule has 0 saturated carbocycles. The Morgan fingerprint density at radius 2 is 1.96 bits per heavy atom. The molecule has 1 unspecified atom stereocenters. The summed E-state index contributed by atoms with van der Waals surface area (Å²) < 4.78 is 18.1. The number of nitrogens with zero attached hydrogens (tertiary/aromatic N) is 1. The minimum atomic E-state index is -0.917. The van der Waals surface area contributed by atoms with Crippen LogP contribution < -0.4 is 15.0 Å². The number of hydrogen-bond acceptors (Lipinski definition) is 4. The summed E-state index contributed by atoms with van der Waals surface area (Å²) in [5.41, 5.74) is 1.17. The fourth-order valence-electron chi connectivity index (χ4n) is 2.37. The van der Waals surface area contributed by atoms with E-state index in [4.69, 9.17) is 4.74 Å². The third-order valence-electron chi connectivity index (χ3n) is 3.68. The van der Waals surface area contributed by atoms with Crippen LogP contribution in [0.5, 0.6) is 5.75 Å². The highest BCUT2D eigenvalue weighted by Gasteiger charge is 2.36. The first-order valence-electron chi connectivity index (χ1n) is 7.18. The molecular formula is C17H15FN2O3S. The lowest BCUT2D eigenvalue weighted by Crippen LogP contribution is -2.44. The fraction of sp³-hybridized carbons (Fsp3) is 0.176. The number of nitrogens with one attached hydrogen (secondary N) is 1. The summed E-state index contributed by atoms with van der Waals surface area (Å²) in [7, 11) is 3.19. The number of rotatable bonds is 3. The van der Waals surface area contributed by atoms with Gasteiger partial charge in [0.05, 0.1) is 12.8 Å². The number of fused-ring (bicyclic) bond motifs is 1. The van der Waals surface area contributed by atoms with Gasteiger partial charge in [0.1, 0.15) is 11.6 Å². The van der Waals surface area contributed by atoms with E-state index in [1.165, 1.54) is 40.9 Å². The summed E-state index contributed by atoms with van der Waals surface area (Å²) in [6, 6.07) is 10.7. The molecular weight excluding hydrogens is 331 g/mol. The van der Waals surface area contributed by atoms with Gasteiger partial charge >= 0.3 is 0 Å². The number of thioether (sulfide) groups is 1. The highest BCUT2D eigenvalue weighted by molar-refractivity contribution is 8.01. The maximum absolute atomic E-state index is 12.9. The van der Waals surface area contributed by atoms with Crippen molar-refractivity contribution < 1.29 is 18.7 Å². The van der Waals surface area contributed by atoms with E-state index in [0.717, 1.165) is 10.6 Å². The first-order valence-corrected chi connectivity index (χ1v) is 8.06. The molecule has 0 radical (unpaired) electrons. The van der Waals surface area contributed by atoms with Crippen LogP contribution in [0, 0.1) is 5.82 Å². The fourth-order valence-corrected chi connectivity index (χ4v) is 3.56. The number of amides is 2. The van der Waals surface area contributed by atoms with Crippen molar-refractivity contribution in [3.63, 3.8) is 0 Å². The average Bonchev–Trinajstić information content (AvgIpc) is 2.59. The van der Waals surface area contributed by atoms with Crippen LogP contribution in [-0.4, -0.2) is 31.2 Å². The number of hydrogen-bond donors (Lipinski definition) is 1. The molecule has 3 rings (SSSR count). The Kier molecular flexibility index (Phi) is 4.44. The molecule has 124 valence electrons. The van der Waals surface area contributed by atoms with E-state index in [1.54, 1.807) is 32.4 Å². The van der Waals surface area contributed by atoms with Crippen LogP contribution in [0.4, 0.5) is 15.8 Å². The molecule has 0 saturated heterocycles. The van der Waals surface area contributed by atoms with Gasteiger partial charge in [0.25, 0.3) is 0 Å². The molecule has 1 heterocycles. The first-order chi connectivity index (χ1) is 11.5. The second-order valence-electron chi connectivity index (χ2n) is 5.22. The number of carbonyl (C=O) groups excluding carboxylic acids is 2. The highest BCUT2D eigenvalue weighted by Crippen LogP contribution is 2.40. The molecule has 0 fully saturated rings. The van der Waals surface area contributed by atoms with Crippen molar-refractivity contribution in [2.45, 2.75) is 10.1 Å². The van der Waals surface area contributed by atoms with Gasteiger partial charge in [-0.05, 0) is 42.5 Å². The minimum absolute atomic E-state index is 0.308. The van der Waals surface area contributed by atoms with E-state index in [2.05, 4.69) is 5.32 Å². The predicted molar refractivity (Wildman–Crippen MR) is 91.1 cm³/mol. The lowest BCUT2D eigenvalue weighted by atomic mass is 10.2. The first kappa shape index (κ1) is 16.3. The molecule has 0 aromatic heterocycles. The molecule has 7 heteroatoms. The van der Waals surface area contributed by atoms with E-state index >= 15 is 0 Å². The number of halogens is 1. The van der Waals surface area contributed by atoms with E-state index in [-0.39, 0.29) is 5.91 Å². The van der Waals surface area contributed by atoms with Gasteiger partial charge in [-0.3, -0.25) is 9.59 Å². The molecule has 5 nitrogen and oxygen atoms in total. The largest absolute Gasteiger partial charge is 0.497 e. The molecule has 24 heavy (non-hydrogen) atoms. The molecule has 2 amide bonds. The van der Waals surface area contributed by atoms with Gasteiger partial charge < -0.3 is 15.0 Å². The SMILES string of the molecule is COc1ccc2c(c1)SC(C(=O)Nc1ccc(F)cc1)C(=O)N2C. The van der Waals surface area contributed by atoms with Crippen LogP contribution in [0.25, 0.3) is 0 Å². The summed E-state index contributed by atoms with van der Waals surface area (Å²) in [4.78, 5) is 27.2. The zero-order valence-corrected chi connectivity index (χ0v) is 13.9. The predicted octanol–water partition coefficient (Wildman–Crippen LogP) is 2.91. The summed E-state index contributed by atoms with van der Waals surface area (Å²) >= 11 is 1.17. The van der Waals surface area contributed by atoms with Crippen molar-refractivity contribution in [2.24, 2.45) is 0 Å². The zero-order valence-electron chi connectivity index (χ0n) is 13.1. The monoisotopic (exact) mass is 346 g/mol.